The molecule has 0 saturated heterocycles. The molecule has 0 bridgehead atoms. The van der Waals surface area contributed by atoms with Gasteiger partial charge >= 0.3 is 0 Å². The Bertz CT molecular complexity index is 532. The number of benzene rings is 1. The Labute approximate surface area is 106 Å². The molecule has 1 aromatic carbocycles. The second-order valence-corrected chi connectivity index (χ2v) is 6.10. The van der Waals surface area contributed by atoms with E-state index in [-0.39, 0.29) is 10.8 Å². The Kier molecular flexibility index (Phi) is 4.82. The topological polar surface area (TPSA) is 70.0 Å². The summed E-state index contributed by atoms with van der Waals surface area (Å²) < 4.78 is 38.8. The average molecular weight is 270 g/mol. The van der Waals surface area contributed by atoms with E-state index in [1.165, 1.54) is 12.1 Å². The van der Waals surface area contributed by atoms with Crippen LogP contribution in [-0.2, 0) is 10.0 Å². The van der Waals surface area contributed by atoms with Gasteiger partial charge in [-0.3, -0.25) is 0 Å². The summed E-state index contributed by atoms with van der Waals surface area (Å²) in [6.45, 7) is 3.80. The van der Waals surface area contributed by atoms with E-state index in [9.17, 15) is 12.8 Å². The van der Waals surface area contributed by atoms with Gasteiger partial charge in [-0.25, -0.2) is 12.8 Å². The summed E-state index contributed by atoms with van der Waals surface area (Å²) in [5, 5.41) is 8.89. The molecule has 4 nitrogen and oxygen atoms in total. The first kappa shape index (κ1) is 14.6. The molecular formula is C12H15FN2O2S. The van der Waals surface area contributed by atoms with Gasteiger partial charge in [-0.15, -0.1) is 0 Å². The predicted molar refractivity (Wildman–Crippen MR) is 65.6 cm³/mol. The largest absolute Gasteiger partial charge is 0.241 e. The minimum Gasteiger partial charge on any atom is -0.207 e. The first-order valence-electron chi connectivity index (χ1n) is 5.52. The van der Waals surface area contributed by atoms with Crippen LogP contribution in [0.4, 0.5) is 4.39 Å². The van der Waals surface area contributed by atoms with Crippen LogP contribution in [0.2, 0.25) is 0 Å². The van der Waals surface area contributed by atoms with Gasteiger partial charge in [0.1, 0.15) is 11.9 Å². The fourth-order valence-corrected chi connectivity index (χ4v) is 2.62. The van der Waals surface area contributed by atoms with Crippen LogP contribution in [0.5, 0.6) is 0 Å². The maximum atomic E-state index is 12.7. The van der Waals surface area contributed by atoms with E-state index in [0.717, 1.165) is 12.1 Å². The lowest BCUT2D eigenvalue weighted by molar-refractivity contribution is 0.512. The van der Waals surface area contributed by atoms with Gasteiger partial charge in [-0.1, -0.05) is 13.8 Å². The molecule has 1 atom stereocenters. The highest BCUT2D eigenvalue weighted by Crippen LogP contribution is 2.12. The second-order valence-electron chi connectivity index (χ2n) is 4.39. The fraction of sp³-hybridized carbons (Fsp3) is 0.417. The smallest absolute Gasteiger partial charge is 0.207 e. The third-order valence-electron chi connectivity index (χ3n) is 2.28. The zero-order chi connectivity index (χ0) is 13.8. The molecule has 1 rings (SSSR count). The van der Waals surface area contributed by atoms with E-state index in [1.807, 2.05) is 19.9 Å². The number of hydrogen-bond acceptors (Lipinski definition) is 3. The monoisotopic (exact) mass is 270 g/mol. The van der Waals surface area contributed by atoms with E-state index < -0.39 is 21.9 Å². The number of rotatable bonds is 5. The van der Waals surface area contributed by atoms with E-state index in [1.54, 1.807) is 0 Å². The van der Waals surface area contributed by atoms with Crippen LogP contribution < -0.4 is 4.72 Å². The highest BCUT2D eigenvalue weighted by Gasteiger charge is 2.20. The molecule has 18 heavy (non-hydrogen) atoms. The van der Waals surface area contributed by atoms with Crippen LogP contribution >= 0.6 is 0 Å². The lowest BCUT2D eigenvalue weighted by Crippen LogP contribution is -2.34. The predicted octanol–water partition coefficient (Wildman–Crippen LogP) is 2.04. The molecule has 0 heterocycles. The Morgan fingerprint density at radius 1 is 1.33 bits per heavy atom. The molecule has 98 valence electrons. The number of nitriles is 1. The van der Waals surface area contributed by atoms with Crippen molar-refractivity contribution in [3.63, 3.8) is 0 Å². The summed E-state index contributed by atoms with van der Waals surface area (Å²) >= 11 is 0. The van der Waals surface area contributed by atoms with Crippen LogP contribution in [0.1, 0.15) is 20.3 Å². The van der Waals surface area contributed by atoms with Crippen molar-refractivity contribution in [2.24, 2.45) is 5.92 Å². The van der Waals surface area contributed by atoms with Crippen molar-refractivity contribution in [1.82, 2.24) is 4.72 Å². The van der Waals surface area contributed by atoms with Crippen LogP contribution in [0.25, 0.3) is 0 Å². The van der Waals surface area contributed by atoms with Crippen LogP contribution in [0.3, 0.4) is 0 Å². The van der Waals surface area contributed by atoms with Gasteiger partial charge in [0.05, 0.1) is 11.0 Å². The molecule has 0 aliphatic heterocycles. The summed E-state index contributed by atoms with van der Waals surface area (Å²) in [4.78, 5) is -0.0482. The number of hydrogen-bond donors (Lipinski definition) is 1. The standard InChI is InChI=1S/C12H15FN2O2S/c1-9(2)7-11(8-14)15-18(16,17)12-5-3-10(13)4-6-12/h3-6,9,11,15H,7H2,1-2H3. The van der Waals surface area contributed by atoms with Gasteiger partial charge < -0.3 is 0 Å². The highest BCUT2D eigenvalue weighted by molar-refractivity contribution is 7.89. The van der Waals surface area contributed by atoms with Crippen molar-refractivity contribution in [2.75, 3.05) is 0 Å². The maximum Gasteiger partial charge on any atom is 0.241 e. The molecule has 0 spiro atoms. The van der Waals surface area contributed by atoms with Gasteiger partial charge in [0.15, 0.2) is 0 Å². The average Bonchev–Trinajstić information content (AvgIpc) is 2.27. The third kappa shape index (κ3) is 4.09. The van der Waals surface area contributed by atoms with Crippen molar-refractivity contribution < 1.29 is 12.8 Å². The van der Waals surface area contributed by atoms with Crippen molar-refractivity contribution in [3.8, 4) is 6.07 Å². The quantitative estimate of drug-likeness (QED) is 0.890. The van der Waals surface area contributed by atoms with E-state index in [2.05, 4.69) is 4.72 Å². The molecule has 0 aliphatic carbocycles. The third-order valence-corrected chi connectivity index (χ3v) is 3.77. The molecule has 0 aliphatic rings. The first-order chi connectivity index (χ1) is 8.35. The number of nitrogens with one attached hydrogen (secondary N) is 1. The van der Waals surface area contributed by atoms with Crippen LogP contribution in [-0.4, -0.2) is 14.5 Å². The molecule has 0 fully saturated rings. The molecule has 0 aromatic heterocycles. The van der Waals surface area contributed by atoms with Gasteiger partial charge in [0, 0.05) is 0 Å². The molecule has 1 unspecified atom stereocenters. The molecular weight excluding hydrogens is 255 g/mol. The lowest BCUT2D eigenvalue weighted by Gasteiger charge is -2.13. The van der Waals surface area contributed by atoms with Crippen molar-refractivity contribution in [2.45, 2.75) is 31.2 Å². The molecule has 1 N–H and O–H groups in total. The van der Waals surface area contributed by atoms with Crippen molar-refractivity contribution in [3.05, 3.63) is 30.1 Å². The van der Waals surface area contributed by atoms with Gasteiger partial charge in [0.2, 0.25) is 10.0 Å². The summed E-state index contributed by atoms with van der Waals surface area (Å²) in [6, 6.07) is 5.60. The Morgan fingerprint density at radius 2 is 1.89 bits per heavy atom. The molecule has 0 amide bonds. The van der Waals surface area contributed by atoms with E-state index >= 15 is 0 Å². The Hall–Kier alpha value is -1.45. The minimum atomic E-state index is -3.77. The SMILES string of the molecule is CC(C)CC(C#N)NS(=O)(=O)c1ccc(F)cc1. The molecule has 6 heteroatoms. The van der Waals surface area contributed by atoms with Crippen molar-refractivity contribution in [1.29, 1.82) is 5.26 Å². The van der Waals surface area contributed by atoms with E-state index in [0.29, 0.717) is 6.42 Å². The lowest BCUT2D eigenvalue weighted by atomic mass is 10.1. The van der Waals surface area contributed by atoms with Crippen LogP contribution in [0, 0.1) is 23.1 Å². The van der Waals surface area contributed by atoms with Gasteiger partial charge in [-0.2, -0.15) is 9.98 Å². The number of nitrogens with zero attached hydrogens (tertiary/aromatic N) is 1. The first-order valence-corrected chi connectivity index (χ1v) is 7.01. The number of sulfonamides is 1. The van der Waals surface area contributed by atoms with E-state index in [4.69, 9.17) is 5.26 Å². The minimum absolute atomic E-state index is 0.0482. The molecule has 0 saturated carbocycles. The molecule has 0 radical (unpaired) electrons. The fourth-order valence-electron chi connectivity index (χ4n) is 1.47. The maximum absolute atomic E-state index is 12.7. The van der Waals surface area contributed by atoms with Gasteiger partial charge in [0.25, 0.3) is 0 Å². The normalized spacial score (nSPS) is 13.3. The second kappa shape index (κ2) is 5.94. The molecule has 1 aromatic rings. The summed E-state index contributed by atoms with van der Waals surface area (Å²) in [7, 11) is -3.77. The summed E-state index contributed by atoms with van der Waals surface area (Å²) in [5.74, 6) is -0.307. The zero-order valence-corrected chi connectivity index (χ0v) is 11.0. The highest BCUT2D eigenvalue weighted by atomic mass is 32.2. The van der Waals surface area contributed by atoms with Crippen LogP contribution in [0.15, 0.2) is 29.2 Å². The Balaban J connectivity index is 2.88. The van der Waals surface area contributed by atoms with Crippen molar-refractivity contribution >= 4 is 10.0 Å². The summed E-state index contributed by atoms with van der Waals surface area (Å²) in [6.07, 6.45) is 0.428. The zero-order valence-electron chi connectivity index (χ0n) is 10.2. The number of halogens is 1. The Morgan fingerprint density at radius 3 is 2.33 bits per heavy atom. The van der Waals surface area contributed by atoms with Gasteiger partial charge in [-0.05, 0) is 36.6 Å². The summed E-state index contributed by atoms with van der Waals surface area (Å²) in [5.41, 5.74) is 0.